The van der Waals surface area contributed by atoms with Gasteiger partial charge in [0.2, 0.25) is 5.91 Å². The van der Waals surface area contributed by atoms with Gasteiger partial charge in [0.05, 0.1) is 17.3 Å². The lowest BCUT2D eigenvalue weighted by Gasteiger charge is -2.33. The van der Waals surface area contributed by atoms with Crippen LogP contribution in [-0.2, 0) is 14.3 Å². The van der Waals surface area contributed by atoms with Gasteiger partial charge in [-0.2, -0.15) is 0 Å². The maximum absolute atomic E-state index is 12.7. The van der Waals surface area contributed by atoms with E-state index in [-0.39, 0.29) is 19.1 Å². The third kappa shape index (κ3) is 4.10. The summed E-state index contributed by atoms with van der Waals surface area (Å²) < 4.78 is 5.17. The van der Waals surface area contributed by atoms with E-state index in [1.807, 2.05) is 51.3 Å². The van der Waals surface area contributed by atoms with Crippen molar-refractivity contribution in [3.63, 3.8) is 0 Å². The molecule has 2 N–H and O–H groups in total. The van der Waals surface area contributed by atoms with Crippen LogP contribution in [0.4, 0.5) is 4.79 Å². The van der Waals surface area contributed by atoms with Gasteiger partial charge in [0.25, 0.3) is 0 Å². The van der Waals surface area contributed by atoms with Gasteiger partial charge in [-0.15, -0.1) is 11.8 Å². The summed E-state index contributed by atoms with van der Waals surface area (Å²) in [4.78, 5) is 39.7. The average molecular weight is 389 g/mol. The summed E-state index contributed by atoms with van der Waals surface area (Å²) in [6.45, 7) is 5.41. The van der Waals surface area contributed by atoms with E-state index in [0.717, 1.165) is 10.5 Å². The molecule has 144 valence electrons. The van der Waals surface area contributed by atoms with Crippen LogP contribution in [0.25, 0.3) is 0 Å². The lowest BCUT2D eigenvalue weighted by molar-refractivity contribution is -0.136. The molecule has 1 aromatic carbocycles. The molecule has 1 aromatic rings. The number of rotatable bonds is 4. The number of urea groups is 1. The number of carbonyl (C=O) groups excluding carboxylic acids is 3. The Labute approximate surface area is 162 Å². The molecule has 0 aliphatic carbocycles. The summed E-state index contributed by atoms with van der Waals surface area (Å²) in [5.74, 6) is -0.767. The molecular weight excluding hydrogens is 366 g/mol. The fraction of sp³-hybridized carbons (Fsp3) is 0.421. The number of hydrogen-bond acceptors (Lipinski definition) is 5. The summed E-state index contributed by atoms with van der Waals surface area (Å²) in [6, 6.07) is 6.64. The largest absolute Gasteiger partial charge is 0.456 e. The fourth-order valence-electron chi connectivity index (χ4n) is 3.13. The standard InChI is InChI=1S/C19H23N3O4S/c1-19(2,3)21-14(23)9-22-13-10-26-17(24)15(13)16(20-18(22)25)11-5-7-12(27-4)8-6-11/h5-8,16H,9-10H2,1-4H3,(H,20,25)(H,21,23)/t16-/m1/s1. The number of cyclic esters (lactones) is 1. The predicted molar refractivity (Wildman–Crippen MR) is 102 cm³/mol. The van der Waals surface area contributed by atoms with Gasteiger partial charge in [0.1, 0.15) is 13.2 Å². The Balaban J connectivity index is 1.90. The Kier molecular flexibility index (Phi) is 5.19. The Morgan fingerprint density at radius 3 is 2.56 bits per heavy atom. The van der Waals surface area contributed by atoms with Gasteiger partial charge in [-0.1, -0.05) is 12.1 Å². The molecule has 0 fully saturated rings. The molecule has 2 aliphatic heterocycles. The van der Waals surface area contributed by atoms with E-state index in [4.69, 9.17) is 4.74 Å². The van der Waals surface area contributed by atoms with E-state index in [1.165, 1.54) is 4.90 Å². The van der Waals surface area contributed by atoms with Gasteiger partial charge in [0.15, 0.2) is 0 Å². The summed E-state index contributed by atoms with van der Waals surface area (Å²) in [5, 5.41) is 5.65. The van der Waals surface area contributed by atoms with Gasteiger partial charge < -0.3 is 15.4 Å². The smallest absolute Gasteiger partial charge is 0.338 e. The summed E-state index contributed by atoms with van der Waals surface area (Å²) in [7, 11) is 0. The number of thioether (sulfide) groups is 1. The van der Waals surface area contributed by atoms with E-state index >= 15 is 0 Å². The highest BCUT2D eigenvalue weighted by atomic mass is 32.2. The van der Waals surface area contributed by atoms with Crippen molar-refractivity contribution in [2.75, 3.05) is 19.4 Å². The van der Waals surface area contributed by atoms with E-state index in [1.54, 1.807) is 11.8 Å². The maximum atomic E-state index is 12.7. The first-order chi connectivity index (χ1) is 12.7. The van der Waals surface area contributed by atoms with E-state index in [2.05, 4.69) is 10.6 Å². The van der Waals surface area contributed by atoms with Gasteiger partial charge >= 0.3 is 12.0 Å². The number of nitrogens with one attached hydrogen (secondary N) is 2. The molecule has 3 rings (SSSR count). The fourth-order valence-corrected chi connectivity index (χ4v) is 3.53. The number of ether oxygens (including phenoxy) is 1. The van der Waals surface area contributed by atoms with Gasteiger partial charge in [-0.25, -0.2) is 9.59 Å². The van der Waals surface area contributed by atoms with E-state index in [0.29, 0.717) is 11.3 Å². The highest BCUT2D eigenvalue weighted by Crippen LogP contribution is 2.35. The van der Waals surface area contributed by atoms with Crippen LogP contribution in [0.3, 0.4) is 0 Å². The molecule has 27 heavy (non-hydrogen) atoms. The average Bonchev–Trinajstić information content (AvgIpc) is 2.97. The van der Waals surface area contributed by atoms with Crippen LogP contribution >= 0.6 is 11.8 Å². The SMILES string of the molecule is CSc1ccc([C@H]2NC(=O)N(CC(=O)NC(C)(C)C)C3=C2C(=O)OC3)cc1. The van der Waals surface area contributed by atoms with Crippen molar-refractivity contribution in [1.82, 2.24) is 15.5 Å². The van der Waals surface area contributed by atoms with Crippen LogP contribution < -0.4 is 10.6 Å². The first kappa shape index (κ1) is 19.3. The van der Waals surface area contributed by atoms with Crippen molar-refractivity contribution in [2.24, 2.45) is 0 Å². The minimum atomic E-state index is -0.583. The molecule has 7 nitrogen and oxygen atoms in total. The van der Waals surface area contributed by atoms with Crippen molar-refractivity contribution >= 4 is 29.7 Å². The first-order valence-corrected chi connectivity index (χ1v) is 9.85. The van der Waals surface area contributed by atoms with Crippen molar-refractivity contribution in [3.8, 4) is 0 Å². The second kappa shape index (κ2) is 7.26. The Morgan fingerprint density at radius 2 is 1.96 bits per heavy atom. The number of carbonyl (C=O) groups is 3. The third-order valence-corrected chi connectivity index (χ3v) is 5.01. The predicted octanol–water partition coefficient (Wildman–Crippen LogP) is 2.20. The molecule has 2 aliphatic rings. The molecule has 0 aromatic heterocycles. The van der Waals surface area contributed by atoms with Gasteiger partial charge in [-0.05, 0) is 44.7 Å². The molecule has 0 saturated carbocycles. The molecule has 0 bridgehead atoms. The molecule has 0 saturated heterocycles. The normalized spacial score (nSPS) is 19.6. The zero-order valence-electron chi connectivity index (χ0n) is 15.8. The van der Waals surface area contributed by atoms with Crippen LogP contribution in [0.5, 0.6) is 0 Å². The second-order valence-corrected chi connectivity index (χ2v) is 8.36. The monoisotopic (exact) mass is 389 g/mol. The number of esters is 1. The summed E-state index contributed by atoms with van der Waals surface area (Å²) in [6.07, 6.45) is 1.98. The summed E-state index contributed by atoms with van der Waals surface area (Å²) in [5.41, 5.74) is 1.22. The van der Waals surface area contributed by atoms with Crippen LogP contribution in [0.1, 0.15) is 32.4 Å². The lowest BCUT2D eigenvalue weighted by Crippen LogP contribution is -2.52. The molecule has 2 heterocycles. The zero-order valence-corrected chi connectivity index (χ0v) is 16.6. The zero-order chi connectivity index (χ0) is 19.8. The molecule has 0 spiro atoms. The van der Waals surface area contributed by atoms with Gasteiger partial charge in [-0.3, -0.25) is 9.69 Å². The van der Waals surface area contributed by atoms with E-state index < -0.39 is 23.6 Å². The quantitative estimate of drug-likeness (QED) is 0.609. The second-order valence-electron chi connectivity index (χ2n) is 7.48. The molecule has 0 radical (unpaired) electrons. The van der Waals surface area contributed by atoms with Crippen LogP contribution in [0, 0.1) is 0 Å². The molecule has 3 amide bonds. The topological polar surface area (TPSA) is 87.7 Å². The van der Waals surface area contributed by atoms with Crippen LogP contribution in [0.2, 0.25) is 0 Å². The van der Waals surface area contributed by atoms with Gasteiger partial charge in [0, 0.05) is 10.4 Å². The summed E-state index contributed by atoms with van der Waals surface area (Å²) >= 11 is 1.61. The van der Waals surface area contributed by atoms with Crippen molar-refractivity contribution in [2.45, 2.75) is 37.2 Å². The van der Waals surface area contributed by atoms with Crippen LogP contribution in [-0.4, -0.2) is 47.8 Å². The first-order valence-electron chi connectivity index (χ1n) is 8.63. The Hall–Kier alpha value is -2.48. The molecule has 8 heteroatoms. The molecular formula is C19H23N3O4S. The number of nitrogens with zero attached hydrogens (tertiary/aromatic N) is 1. The third-order valence-electron chi connectivity index (χ3n) is 4.26. The molecule has 0 unspecified atom stereocenters. The Bertz CT molecular complexity index is 811. The van der Waals surface area contributed by atoms with Crippen molar-refractivity contribution < 1.29 is 19.1 Å². The lowest BCUT2D eigenvalue weighted by atomic mass is 9.96. The minimum absolute atomic E-state index is 0.0101. The highest BCUT2D eigenvalue weighted by molar-refractivity contribution is 7.98. The Morgan fingerprint density at radius 1 is 1.30 bits per heavy atom. The van der Waals surface area contributed by atoms with Crippen molar-refractivity contribution in [3.05, 3.63) is 41.1 Å². The number of hydrogen-bond donors (Lipinski definition) is 2. The highest BCUT2D eigenvalue weighted by Gasteiger charge is 2.42. The maximum Gasteiger partial charge on any atom is 0.338 e. The van der Waals surface area contributed by atoms with E-state index in [9.17, 15) is 14.4 Å². The van der Waals surface area contributed by atoms with Crippen LogP contribution in [0.15, 0.2) is 40.4 Å². The number of benzene rings is 1. The minimum Gasteiger partial charge on any atom is -0.456 e. The number of amides is 3. The molecule has 1 atom stereocenters. The van der Waals surface area contributed by atoms with Crippen molar-refractivity contribution in [1.29, 1.82) is 0 Å².